The van der Waals surface area contributed by atoms with Gasteiger partial charge in [0.25, 0.3) is 0 Å². The topological polar surface area (TPSA) is 35.8 Å². The molecule has 3 heteroatoms. The SMILES string of the molecule is CCC=C(C#N)C(=S)NC(C)CC. The Morgan fingerprint density at radius 3 is 2.62 bits per heavy atom. The second kappa shape index (κ2) is 6.62. The van der Waals surface area contributed by atoms with Gasteiger partial charge in [0.1, 0.15) is 11.1 Å². The van der Waals surface area contributed by atoms with Gasteiger partial charge in [-0.15, -0.1) is 0 Å². The predicted octanol–water partition coefficient (Wildman–Crippen LogP) is 2.56. The van der Waals surface area contributed by atoms with Crippen LogP contribution in [0.5, 0.6) is 0 Å². The highest BCUT2D eigenvalue weighted by Crippen LogP contribution is 1.99. The summed E-state index contributed by atoms with van der Waals surface area (Å²) in [6.45, 7) is 6.12. The van der Waals surface area contributed by atoms with Crippen LogP contribution in [0.1, 0.15) is 33.6 Å². The second-order valence-electron chi connectivity index (χ2n) is 2.92. The molecule has 0 saturated heterocycles. The van der Waals surface area contributed by atoms with Crippen molar-refractivity contribution in [1.29, 1.82) is 5.26 Å². The van der Waals surface area contributed by atoms with Gasteiger partial charge in [0, 0.05) is 6.04 Å². The van der Waals surface area contributed by atoms with Crippen LogP contribution in [0.4, 0.5) is 0 Å². The van der Waals surface area contributed by atoms with Crippen LogP contribution in [0, 0.1) is 11.3 Å². The number of hydrogen-bond acceptors (Lipinski definition) is 2. The van der Waals surface area contributed by atoms with Crippen molar-refractivity contribution in [1.82, 2.24) is 5.32 Å². The number of nitrogens with zero attached hydrogens (tertiary/aromatic N) is 1. The van der Waals surface area contributed by atoms with E-state index in [1.54, 1.807) is 0 Å². The van der Waals surface area contributed by atoms with Gasteiger partial charge >= 0.3 is 0 Å². The van der Waals surface area contributed by atoms with Crippen LogP contribution in [0.3, 0.4) is 0 Å². The van der Waals surface area contributed by atoms with Crippen LogP contribution in [-0.2, 0) is 0 Å². The van der Waals surface area contributed by atoms with Crippen LogP contribution >= 0.6 is 12.2 Å². The predicted molar refractivity (Wildman–Crippen MR) is 59.5 cm³/mol. The van der Waals surface area contributed by atoms with Gasteiger partial charge < -0.3 is 5.32 Å². The maximum Gasteiger partial charge on any atom is 0.117 e. The van der Waals surface area contributed by atoms with Gasteiger partial charge in [-0.25, -0.2) is 0 Å². The van der Waals surface area contributed by atoms with Crippen molar-refractivity contribution < 1.29 is 0 Å². The molecular formula is C10H16N2S. The summed E-state index contributed by atoms with van der Waals surface area (Å²) in [4.78, 5) is 0.568. The minimum absolute atomic E-state index is 0.334. The van der Waals surface area contributed by atoms with Crippen molar-refractivity contribution in [2.24, 2.45) is 0 Å². The Morgan fingerprint density at radius 1 is 1.62 bits per heavy atom. The molecule has 0 aromatic rings. The Labute approximate surface area is 85.6 Å². The first kappa shape index (κ1) is 12.1. The first-order valence-electron chi connectivity index (χ1n) is 4.56. The lowest BCUT2D eigenvalue weighted by Crippen LogP contribution is -2.31. The zero-order valence-electron chi connectivity index (χ0n) is 8.42. The molecule has 0 aromatic carbocycles. The zero-order chi connectivity index (χ0) is 10.3. The standard InChI is InChI=1S/C10H16N2S/c1-4-6-9(7-11)10(13)12-8(3)5-2/h6,8H,4-5H2,1-3H3,(H,12,13). The number of nitrogens with one attached hydrogen (secondary N) is 1. The second-order valence-corrected chi connectivity index (χ2v) is 3.33. The van der Waals surface area contributed by atoms with E-state index in [0.717, 1.165) is 12.8 Å². The average molecular weight is 196 g/mol. The largest absolute Gasteiger partial charge is 0.373 e. The van der Waals surface area contributed by atoms with Gasteiger partial charge in [0.2, 0.25) is 0 Å². The van der Waals surface area contributed by atoms with Gasteiger partial charge in [0.15, 0.2) is 0 Å². The quantitative estimate of drug-likeness (QED) is 0.426. The lowest BCUT2D eigenvalue weighted by atomic mass is 10.2. The summed E-state index contributed by atoms with van der Waals surface area (Å²) < 4.78 is 0. The maximum atomic E-state index is 8.77. The summed E-state index contributed by atoms with van der Waals surface area (Å²) >= 11 is 5.08. The molecule has 0 amide bonds. The third-order valence-corrected chi connectivity index (χ3v) is 2.10. The van der Waals surface area contributed by atoms with E-state index in [-0.39, 0.29) is 0 Å². The van der Waals surface area contributed by atoms with Crippen molar-refractivity contribution in [3.63, 3.8) is 0 Å². The monoisotopic (exact) mass is 196 g/mol. The van der Waals surface area contributed by atoms with E-state index >= 15 is 0 Å². The molecule has 1 unspecified atom stereocenters. The van der Waals surface area contributed by atoms with E-state index < -0.39 is 0 Å². The lowest BCUT2D eigenvalue weighted by molar-refractivity contribution is 0.647. The third kappa shape index (κ3) is 4.64. The molecule has 0 bridgehead atoms. The molecule has 0 heterocycles. The number of allylic oxidation sites excluding steroid dienone is 1. The van der Waals surface area contributed by atoms with Crippen molar-refractivity contribution in [3.05, 3.63) is 11.6 Å². The fourth-order valence-corrected chi connectivity index (χ4v) is 1.13. The van der Waals surface area contributed by atoms with Crippen molar-refractivity contribution >= 4 is 17.2 Å². The average Bonchev–Trinajstić information content (AvgIpc) is 2.13. The first-order valence-corrected chi connectivity index (χ1v) is 4.97. The minimum Gasteiger partial charge on any atom is -0.373 e. The Kier molecular flexibility index (Phi) is 6.17. The van der Waals surface area contributed by atoms with E-state index in [9.17, 15) is 0 Å². The van der Waals surface area contributed by atoms with Gasteiger partial charge in [-0.3, -0.25) is 0 Å². The molecule has 1 N–H and O–H groups in total. The van der Waals surface area contributed by atoms with Gasteiger partial charge in [-0.05, 0) is 19.8 Å². The fraction of sp³-hybridized carbons (Fsp3) is 0.600. The molecule has 0 rings (SSSR count). The smallest absolute Gasteiger partial charge is 0.117 e. The summed E-state index contributed by atoms with van der Waals surface area (Å²) in [5.41, 5.74) is 0.581. The molecule has 2 nitrogen and oxygen atoms in total. The number of nitriles is 1. The van der Waals surface area contributed by atoms with Gasteiger partial charge in [0.05, 0.1) is 5.57 Å². The van der Waals surface area contributed by atoms with Crippen LogP contribution in [-0.4, -0.2) is 11.0 Å². The Bertz CT molecular complexity index is 238. The van der Waals surface area contributed by atoms with Crippen LogP contribution < -0.4 is 5.32 Å². The van der Waals surface area contributed by atoms with Gasteiger partial charge in [-0.2, -0.15) is 5.26 Å². The van der Waals surface area contributed by atoms with E-state index in [2.05, 4.69) is 18.3 Å². The highest BCUT2D eigenvalue weighted by molar-refractivity contribution is 7.80. The molecular weight excluding hydrogens is 180 g/mol. The van der Waals surface area contributed by atoms with E-state index in [4.69, 9.17) is 17.5 Å². The molecule has 0 aromatic heterocycles. The molecule has 0 aliphatic carbocycles. The van der Waals surface area contributed by atoms with Crippen LogP contribution in [0.2, 0.25) is 0 Å². The molecule has 0 saturated carbocycles. The van der Waals surface area contributed by atoms with Crippen molar-refractivity contribution in [3.8, 4) is 6.07 Å². The van der Waals surface area contributed by atoms with Crippen LogP contribution in [0.25, 0.3) is 0 Å². The van der Waals surface area contributed by atoms with Crippen LogP contribution in [0.15, 0.2) is 11.6 Å². The third-order valence-electron chi connectivity index (χ3n) is 1.76. The molecule has 0 spiro atoms. The minimum atomic E-state index is 0.334. The molecule has 72 valence electrons. The summed E-state index contributed by atoms with van der Waals surface area (Å²) in [5, 5.41) is 11.9. The summed E-state index contributed by atoms with van der Waals surface area (Å²) in [5.74, 6) is 0. The van der Waals surface area contributed by atoms with Gasteiger partial charge in [-0.1, -0.05) is 32.1 Å². The lowest BCUT2D eigenvalue weighted by Gasteiger charge is -2.12. The summed E-state index contributed by atoms with van der Waals surface area (Å²) in [6, 6.07) is 2.42. The van der Waals surface area contributed by atoms with E-state index in [1.807, 2.05) is 19.9 Å². The summed E-state index contributed by atoms with van der Waals surface area (Å²) in [6.07, 6.45) is 3.69. The number of rotatable bonds is 4. The van der Waals surface area contributed by atoms with E-state index in [1.165, 1.54) is 0 Å². The molecule has 0 radical (unpaired) electrons. The Balaban J connectivity index is 4.25. The number of thiocarbonyl (C=S) groups is 1. The highest BCUT2D eigenvalue weighted by Gasteiger charge is 2.05. The Hall–Kier alpha value is -0.880. The summed E-state index contributed by atoms with van der Waals surface area (Å²) in [7, 11) is 0. The number of hydrogen-bond donors (Lipinski definition) is 1. The zero-order valence-corrected chi connectivity index (χ0v) is 9.24. The highest BCUT2D eigenvalue weighted by atomic mass is 32.1. The maximum absolute atomic E-state index is 8.77. The first-order chi connectivity index (χ1) is 6.15. The van der Waals surface area contributed by atoms with Crippen molar-refractivity contribution in [2.45, 2.75) is 39.7 Å². The molecule has 0 aliphatic heterocycles. The van der Waals surface area contributed by atoms with E-state index in [0.29, 0.717) is 16.6 Å². The fourth-order valence-electron chi connectivity index (χ4n) is 0.797. The molecule has 0 aliphatic rings. The van der Waals surface area contributed by atoms with Crippen molar-refractivity contribution in [2.75, 3.05) is 0 Å². The molecule has 0 fully saturated rings. The Morgan fingerprint density at radius 2 is 2.23 bits per heavy atom. The molecule has 1 atom stereocenters. The normalized spacial score (nSPS) is 13.2. The molecule has 13 heavy (non-hydrogen) atoms.